The molecule has 1 aliphatic rings. The van der Waals surface area contributed by atoms with E-state index in [0.717, 1.165) is 19.6 Å². The van der Waals surface area contributed by atoms with E-state index < -0.39 is 10.0 Å². The highest BCUT2D eigenvalue weighted by molar-refractivity contribution is 7.89. The zero-order valence-corrected chi connectivity index (χ0v) is 13.2. The first-order valence-electron chi connectivity index (χ1n) is 7.30. The topological polar surface area (TPSA) is 87.5 Å². The molecule has 0 amide bonds. The van der Waals surface area contributed by atoms with Gasteiger partial charge in [-0.3, -0.25) is 5.84 Å². The molecule has 1 heterocycles. The number of benzene rings is 1. The van der Waals surface area contributed by atoms with E-state index in [4.69, 9.17) is 5.84 Å². The van der Waals surface area contributed by atoms with Crippen molar-refractivity contribution in [2.24, 2.45) is 11.8 Å². The average Bonchev–Trinajstić information content (AvgIpc) is 2.98. The fraction of sp³-hybridized carbons (Fsp3) is 0.571. The number of nitrogen functional groups attached to an aromatic ring is 1. The molecule has 118 valence electrons. The molecule has 1 aliphatic heterocycles. The molecule has 4 N–H and O–H groups in total. The lowest BCUT2D eigenvalue weighted by atomic mass is 10.2. The highest BCUT2D eigenvalue weighted by Gasteiger charge is 2.18. The molecule has 1 saturated heterocycles. The lowest BCUT2D eigenvalue weighted by Gasteiger charge is -2.20. The van der Waals surface area contributed by atoms with Crippen molar-refractivity contribution >= 4 is 15.7 Å². The fourth-order valence-corrected chi connectivity index (χ4v) is 3.70. The van der Waals surface area contributed by atoms with Gasteiger partial charge in [-0.2, -0.15) is 0 Å². The summed E-state index contributed by atoms with van der Waals surface area (Å²) in [5.74, 6) is 5.56. The van der Waals surface area contributed by atoms with Crippen molar-refractivity contribution in [2.75, 3.05) is 31.6 Å². The summed E-state index contributed by atoms with van der Waals surface area (Å²) in [6.07, 6.45) is 2.50. The molecule has 0 aliphatic carbocycles. The number of nitrogens with one attached hydrogen (secondary N) is 2. The first-order valence-corrected chi connectivity index (χ1v) is 8.78. The minimum atomic E-state index is -3.45. The van der Waals surface area contributed by atoms with Crippen LogP contribution in [0.3, 0.4) is 0 Å². The second-order valence-electron chi connectivity index (χ2n) is 5.63. The Kier molecular flexibility index (Phi) is 5.58. The Morgan fingerprint density at radius 3 is 2.43 bits per heavy atom. The van der Waals surface area contributed by atoms with Gasteiger partial charge in [0.15, 0.2) is 0 Å². The lowest BCUT2D eigenvalue weighted by molar-refractivity contribution is 0.288. The number of rotatable bonds is 7. The SMILES string of the molecule is CC(CNS(=O)(=O)c1ccc(NN)cc1)CN1CCCC1. The maximum absolute atomic E-state index is 12.2. The summed E-state index contributed by atoms with van der Waals surface area (Å²) in [5, 5.41) is 0. The van der Waals surface area contributed by atoms with Gasteiger partial charge in [-0.1, -0.05) is 6.92 Å². The number of hydrazine groups is 1. The first kappa shape index (κ1) is 16.2. The van der Waals surface area contributed by atoms with Gasteiger partial charge in [0.1, 0.15) is 0 Å². The highest BCUT2D eigenvalue weighted by atomic mass is 32.2. The summed E-state index contributed by atoms with van der Waals surface area (Å²) in [5.41, 5.74) is 3.15. The Balaban J connectivity index is 1.87. The van der Waals surface area contributed by atoms with Gasteiger partial charge in [0.25, 0.3) is 0 Å². The van der Waals surface area contributed by atoms with Gasteiger partial charge in [0.05, 0.1) is 4.90 Å². The van der Waals surface area contributed by atoms with Crippen LogP contribution in [0.1, 0.15) is 19.8 Å². The second-order valence-corrected chi connectivity index (χ2v) is 7.40. The van der Waals surface area contributed by atoms with Crippen molar-refractivity contribution in [3.8, 4) is 0 Å². The summed E-state index contributed by atoms with van der Waals surface area (Å²) in [4.78, 5) is 2.65. The molecule has 0 aromatic heterocycles. The third kappa shape index (κ3) is 4.67. The van der Waals surface area contributed by atoms with E-state index in [0.29, 0.717) is 18.2 Å². The summed E-state index contributed by atoms with van der Waals surface area (Å²) < 4.78 is 27.1. The van der Waals surface area contributed by atoms with Crippen LogP contribution in [0.15, 0.2) is 29.2 Å². The molecule has 1 aromatic carbocycles. The molecule has 0 saturated carbocycles. The average molecular weight is 312 g/mol. The molecule has 7 heteroatoms. The Labute approximate surface area is 126 Å². The standard InChI is InChI=1S/C14H24N4O2S/c1-12(11-18-8-2-3-9-18)10-16-21(19,20)14-6-4-13(17-15)5-7-14/h4-7,12,16-17H,2-3,8-11,15H2,1H3. The van der Waals surface area contributed by atoms with Crippen molar-refractivity contribution in [3.05, 3.63) is 24.3 Å². The predicted molar refractivity (Wildman–Crippen MR) is 84.3 cm³/mol. The van der Waals surface area contributed by atoms with E-state index in [1.807, 2.05) is 0 Å². The third-order valence-corrected chi connectivity index (χ3v) is 5.16. The number of anilines is 1. The molecule has 1 fully saturated rings. The summed E-state index contributed by atoms with van der Waals surface area (Å²) in [6, 6.07) is 6.37. The molecule has 0 radical (unpaired) electrons. The van der Waals surface area contributed by atoms with Gasteiger partial charge in [-0.25, -0.2) is 13.1 Å². The molecular formula is C14H24N4O2S. The van der Waals surface area contributed by atoms with Gasteiger partial charge < -0.3 is 10.3 Å². The number of likely N-dealkylation sites (tertiary alicyclic amines) is 1. The molecule has 6 nitrogen and oxygen atoms in total. The van der Waals surface area contributed by atoms with E-state index in [-0.39, 0.29) is 4.90 Å². The first-order chi connectivity index (χ1) is 10.0. The van der Waals surface area contributed by atoms with Crippen LogP contribution in [0.4, 0.5) is 5.69 Å². The summed E-state index contributed by atoms with van der Waals surface area (Å²) >= 11 is 0. The minimum Gasteiger partial charge on any atom is -0.324 e. The van der Waals surface area contributed by atoms with Gasteiger partial charge in [-0.15, -0.1) is 0 Å². The number of hydrogen-bond donors (Lipinski definition) is 3. The zero-order valence-electron chi connectivity index (χ0n) is 12.4. The monoisotopic (exact) mass is 312 g/mol. The van der Waals surface area contributed by atoms with Crippen LogP contribution in [-0.2, 0) is 10.0 Å². The van der Waals surface area contributed by atoms with Crippen LogP contribution in [0, 0.1) is 5.92 Å². The number of nitrogens with zero attached hydrogens (tertiary/aromatic N) is 1. The maximum Gasteiger partial charge on any atom is 0.240 e. The predicted octanol–water partition coefficient (Wildman–Crippen LogP) is 0.982. The summed E-state index contributed by atoms with van der Waals surface area (Å²) in [6.45, 7) is 5.73. The molecule has 0 spiro atoms. The van der Waals surface area contributed by atoms with Crippen LogP contribution in [0.25, 0.3) is 0 Å². The van der Waals surface area contributed by atoms with Crippen molar-refractivity contribution < 1.29 is 8.42 Å². The number of nitrogens with two attached hydrogens (primary N) is 1. The minimum absolute atomic E-state index is 0.259. The van der Waals surface area contributed by atoms with Crippen molar-refractivity contribution in [3.63, 3.8) is 0 Å². The van der Waals surface area contributed by atoms with Crippen LogP contribution in [0.5, 0.6) is 0 Å². The summed E-state index contributed by atoms with van der Waals surface area (Å²) in [7, 11) is -3.45. The molecular weight excluding hydrogens is 288 g/mol. The lowest BCUT2D eigenvalue weighted by Crippen LogP contribution is -2.34. The Bertz CT molecular complexity index is 539. The van der Waals surface area contributed by atoms with Crippen molar-refractivity contribution in [1.29, 1.82) is 0 Å². The fourth-order valence-electron chi connectivity index (χ4n) is 2.54. The Morgan fingerprint density at radius 2 is 1.86 bits per heavy atom. The normalized spacial score (nSPS) is 17.8. The molecule has 21 heavy (non-hydrogen) atoms. The van der Waals surface area contributed by atoms with Crippen molar-refractivity contribution in [1.82, 2.24) is 9.62 Å². The Morgan fingerprint density at radius 1 is 1.24 bits per heavy atom. The van der Waals surface area contributed by atoms with Crippen LogP contribution >= 0.6 is 0 Å². The third-order valence-electron chi connectivity index (χ3n) is 3.72. The van der Waals surface area contributed by atoms with E-state index in [1.165, 1.54) is 12.8 Å². The largest absolute Gasteiger partial charge is 0.324 e. The van der Waals surface area contributed by atoms with E-state index >= 15 is 0 Å². The van der Waals surface area contributed by atoms with E-state index in [9.17, 15) is 8.42 Å². The number of hydrogen-bond acceptors (Lipinski definition) is 5. The van der Waals surface area contributed by atoms with Crippen LogP contribution in [0.2, 0.25) is 0 Å². The molecule has 1 atom stereocenters. The second kappa shape index (κ2) is 7.22. The molecule has 1 unspecified atom stereocenters. The maximum atomic E-state index is 12.2. The highest BCUT2D eigenvalue weighted by Crippen LogP contribution is 2.14. The van der Waals surface area contributed by atoms with E-state index in [1.54, 1.807) is 24.3 Å². The van der Waals surface area contributed by atoms with Crippen LogP contribution < -0.4 is 16.0 Å². The zero-order chi connectivity index (χ0) is 15.3. The quantitative estimate of drug-likeness (QED) is 0.516. The van der Waals surface area contributed by atoms with Gasteiger partial charge in [0.2, 0.25) is 10.0 Å². The van der Waals surface area contributed by atoms with Gasteiger partial charge in [0, 0.05) is 18.8 Å². The van der Waals surface area contributed by atoms with Crippen molar-refractivity contribution in [2.45, 2.75) is 24.7 Å². The van der Waals surface area contributed by atoms with Crippen LogP contribution in [-0.4, -0.2) is 39.5 Å². The molecule has 2 rings (SSSR count). The molecule has 1 aromatic rings. The van der Waals surface area contributed by atoms with Gasteiger partial charge in [-0.05, 0) is 56.1 Å². The molecule has 0 bridgehead atoms. The Hall–Kier alpha value is -1.15. The van der Waals surface area contributed by atoms with Gasteiger partial charge >= 0.3 is 0 Å². The number of sulfonamides is 1. The smallest absolute Gasteiger partial charge is 0.240 e. The van der Waals surface area contributed by atoms with E-state index in [2.05, 4.69) is 22.0 Å².